The van der Waals surface area contributed by atoms with E-state index in [0.717, 1.165) is 18.2 Å². The summed E-state index contributed by atoms with van der Waals surface area (Å²) >= 11 is 0. The molecule has 1 aromatic rings. The lowest BCUT2D eigenvalue weighted by Crippen LogP contribution is -2.31. The van der Waals surface area contributed by atoms with Crippen molar-refractivity contribution in [2.75, 3.05) is 6.61 Å². The lowest BCUT2D eigenvalue weighted by Gasteiger charge is -2.22. The topological polar surface area (TPSA) is 59.1 Å². The molecule has 5 heteroatoms. The predicted molar refractivity (Wildman–Crippen MR) is 66.8 cm³/mol. The molecular weight excluding hydrogens is 238 g/mol. The largest absolute Gasteiger partial charge is 0.493 e. The fourth-order valence-electron chi connectivity index (χ4n) is 1.45. The molecule has 0 aliphatic carbocycles. The number of ether oxygens (including phenoxy) is 1. The van der Waals surface area contributed by atoms with Gasteiger partial charge in [-0.15, -0.1) is 0 Å². The minimum Gasteiger partial charge on any atom is -0.493 e. The highest BCUT2D eigenvalue weighted by Gasteiger charge is 2.20. The van der Waals surface area contributed by atoms with E-state index in [4.69, 9.17) is 15.9 Å². The average molecular weight is 256 g/mol. The summed E-state index contributed by atoms with van der Waals surface area (Å²) in [6.45, 7) is 4.08. The summed E-state index contributed by atoms with van der Waals surface area (Å²) in [6.07, 6.45) is 1.34. The molecule has 18 heavy (non-hydrogen) atoms. The highest BCUT2D eigenvalue weighted by molar-refractivity contribution is 5.82. The number of amidine groups is 1. The molecule has 100 valence electrons. The van der Waals surface area contributed by atoms with E-state index in [1.54, 1.807) is 0 Å². The van der Waals surface area contributed by atoms with E-state index in [9.17, 15) is 8.78 Å². The molecule has 0 aliphatic rings. The first-order valence-electron chi connectivity index (χ1n) is 5.75. The third-order valence-corrected chi connectivity index (χ3v) is 2.78. The Labute approximate surface area is 105 Å². The lowest BCUT2D eigenvalue weighted by molar-refractivity contribution is 0.284. The van der Waals surface area contributed by atoms with Crippen LogP contribution in [-0.4, -0.2) is 12.4 Å². The Bertz CT molecular complexity index is 413. The Morgan fingerprint density at radius 2 is 1.83 bits per heavy atom. The number of halogens is 2. The van der Waals surface area contributed by atoms with Crippen molar-refractivity contribution in [3.8, 4) is 5.75 Å². The van der Waals surface area contributed by atoms with Crippen molar-refractivity contribution >= 4 is 5.84 Å². The van der Waals surface area contributed by atoms with E-state index in [1.165, 1.54) is 0 Å². The molecule has 3 N–H and O–H groups in total. The maximum absolute atomic E-state index is 12.9. The summed E-state index contributed by atoms with van der Waals surface area (Å²) in [6, 6.07) is 3.07. The van der Waals surface area contributed by atoms with Crippen molar-refractivity contribution in [2.24, 2.45) is 11.1 Å². The van der Waals surface area contributed by atoms with Crippen LogP contribution in [0.1, 0.15) is 26.7 Å². The molecule has 0 saturated heterocycles. The first-order valence-corrected chi connectivity index (χ1v) is 5.75. The molecule has 0 spiro atoms. The molecule has 0 atom stereocenters. The van der Waals surface area contributed by atoms with Crippen LogP contribution in [0.4, 0.5) is 8.78 Å². The number of nitrogens with two attached hydrogens (primary N) is 1. The van der Waals surface area contributed by atoms with E-state index in [2.05, 4.69) is 0 Å². The van der Waals surface area contributed by atoms with Gasteiger partial charge in [0.05, 0.1) is 12.4 Å². The average Bonchev–Trinajstić information content (AvgIpc) is 2.23. The van der Waals surface area contributed by atoms with Gasteiger partial charge in [0.1, 0.15) is 17.4 Å². The second kappa shape index (κ2) is 5.80. The van der Waals surface area contributed by atoms with Crippen molar-refractivity contribution in [2.45, 2.75) is 26.7 Å². The normalized spacial score (nSPS) is 11.3. The van der Waals surface area contributed by atoms with Crippen molar-refractivity contribution < 1.29 is 13.5 Å². The molecule has 0 heterocycles. The Morgan fingerprint density at radius 1 is 1.28 bits per heavy atom. The first kappa shape index (κ1) is 14.4. The summed E-state index contributed by atoms with van der Waals surface area (Å²) in [5, 5.41) is 7.39. The second-order valence-electron chi connectivity index (χ2n) is 4.85. The van der Waals surface area contributed by atoms with Crippen LogP contribution in [0.2, 0.25) is 0 Å². The van der Waals surface area contributed by atoms with E-state index in [1.807, 2.05) is 13.8 Å². The SMILES string of the molecule is CC(C)(CCCOc1cc(F)cc(F)c1)C(=N)N. The molecule has 0 radical (unpaired) electrons. The van der Waals surface area contributed by atoms with Gasteiger partial charge in [0.15, 0.2) is 0 Å². The van der Waals surface area contributed by atoms with Gasteiger partial charge in [-0.1, -0.05) is 13.8 Å². The fourth-order valence-corrected chi connectivity index (χ4v) is 1.45. The number of hydrogen-bond donors (Lipinski definition) is 2. The highest BCUT2D eigenvalue weighted by Crippen LogP contribution is 2.22. The highest BCUT2D eigenvalue weighted by atomic mass is 19.1. The Balaban J connectivity index is 2.40. The smallest absolute Gasteiger partial charge is 0.129 e. The van der Waals surface area contributed by atoms with Crippen molar-refractivity contribution in [3.63, 3.8) is 0 Å². The molecule has 0 bridgehead atoms. The van der Waals surface area contributed by atoms with Gasteiger partial charge < -0.3 is 10.5 Å². The molecule has 0 fully saturated rings. The maximum atomic E-state index is 12.9. The van der Waals surface area contributed by atoms with Gasteiger partial charge in [-0.25, -0.2) is 8.78 Å². The summed E-state index contributed by atoms with van der Waals surface area (Å²) in [7, 11) is 0. The number of rotatable bonds is 6. The molecule has 0 saturated carbocycles. The maximum Gasteiger partial charge on any atom is 0.129 e. The Kier molecular flexibility index (Phi) is 4.64. The van der Waals surface area contributed by atoms with Gasteiger partial charge in [-0.2, -0.15) is 0 Å². The Hall–Kier alpha value is -1.65. The molecule has 0 aliphatic heterocycles. The lowest BCUT2D eigenvalue weighted by atomic mass is 9.87. The third-order valence-electron chi connectivity index (χ3n) is 2.78. The van der Waals surface area contributed by atoms with Crippen molar-refractivity contribution in [1.82, 2.24) is 0 Å². The molecule has 0 unspecified atom stereocenters. The van der Waals surface area contributed by atoms with Crippen molar-refractivity contribution in [3.05, 3.63) is 29.8 Å². The zero-order valence-electron chi connectivity index (χ0n) is 10.6. The van der Waals surface area contributed by atoms with Crippen LogP contribution in [0.5, 0.6) is 5.75 Å². The van der Waals surface area contributed by atoms with Crippen LogP contribution in [0.25, 0.3) is 0 Å². The first-order chi connectivity index (χ1) is 8.31. The standard InChI is InChI=1S/C13H18F2N2O/c1-13(2,12(16)17)4-3-5-18-11-7-9(14)6-10(15)8-11/h6-8H,3-5H2,1-2H3,(H3,16,17). The van der Waals surface area contributed by atoms with E-state index < -0.39 is 11.6 Å². The van der Waals surface area contributed by atoms with Crippen LogP contribution in [-0.2, 0) is 0 Å². The van der Waals surface area contributed by atoms with Gasteiger partial charge >= 0.3 is 0 Å². The van der Waals surface area contributed by atoms with Gasteiger partial charge in [-0.3, -0.25) is 5.41 Å². The predicted octanol–water partition coefficient (Wildman–Crippen LogP) is 3.09. The second-order valence-corrected chi connectivity index (χ2v) is 4.85. The van der Waals surface area contributed by atoms with Crippen molar-refractivity contribution in [1.29, 1.82) is 5.41 Å². The molecule has 0 amide bonds. The van der Waals surface area contributed by atoms with E-state index in [0.29, 0.717) is 19.4 Å². The Morgan fingerprint density at radius 3 is 2.33 bits per heavy atom. The molecular formula is C13H18F2N2O. The zero-order chi connectivity index (χ0) is 13.8. The summed E-state index contributed by atoms with van der Waals surface area (Å²) in [4.78, 5) is 0. The molecule has 3 nitrogen and oxygen atoms in total. The van der Waals surface area contributed by atoms with Gasteiger partial charge in [0.25, 0.3) is 0 Å². The van der Waals surface area contributed by atoms with E-state index >= 15 is 0 Å². The summed E-state index contributed by atoms with van der Waals surface area (Å²) < 4.78 is 31.0. The summed E-state index contributed by atoms with van der Waals surface area (Å²) in [5.41, 5.74) is 5.07. The molecule has 1 aromatic carbocycles. The van der Waals surface area contributed by atoms with Crippen LogP contribution < -0.4 is 10.5 Å². The zero-order valence-corrected chi connectivity index (χ0v) is 10.6. The monoisotopic (exact) mass is 256 g/mol. The minimum absolute atomic E-state index is 0.124. The van der Waals surface area contributed by atoms with Gasteiger partial charge in [-0.05, 0) is 12.8 Å². The fraction of sp³-hybridized carbons (Fsp3) is 0.462. The molecule has 1 rings (SSSR count). The van der Waals surface area contributed by atoms with Crippen LogP contribution in [0, 0.1) is 22.5 Å². The van der Waals surface area contributed by atoms with Gasteiger partial charge in [0, 0.05) is 23.6 Å². The molecule has 0 aromatic heterocycles. The van der Waals surface area contributed by atoms with Crippen LogP contribution >= 0.6 is 0 Å². The number of benzene rings is 1. The summed E-state index contributed by atoms with van der Waals surface area (Å²) in [5.74, 6) is -1.02. The van der Waals surface area contributed by atoms with Crippen LogP contribution in [0.3, 0.4) is 0 Å². The quantitative estimate of drug-likeness (QED) is 0.467. The van der Waals surface area contributed by atoms with Gasteiger partial charge in [0.2, 0.25) is 0 Å². The van der Waals surface area contributed by atoms with Crippen LogP contribution in [0.15, 0.2) is 18.2 Å². The number of hydrogen-bond acceptors (Lipinski definition) is 2. The third kappa shape index (κ3) is 4.31. The minimum atomic E-state index is -0.658. The number of nitrogens with one attached hydrogen (secondary N) is 1. The van der Waals surface area contributed by atoms with E-state index in [-0.39, 0.29) is 17.0 Å².